The quantitative estimate of drug-likeness (QED) is 0.923. The average molecular weight is 314 g/mol. The lowest BCUT2D eigenvalue weighted by Gasteiger charge is -2.34. The molecule has 2 aromatic rings. The number of fused-ring (bicyclic) bond motifs is 1. The number of carbonyl (C=O) groups is 1. The molecular weight excluding hydrogens is 288 g/mol. The van der Waals surface area contributed by atoms with Crippen LogP contribution in [-0.2, 0) is 0 Å². The fourth-order valence-electron chi connectivity index (χ4n) is 3.48. The van der Waals surface area contributed by atoms with Crippen molar-refractivity contribution in [1.82, 2.24) is 20.0 Å². The maximum atomic E-state index is 12.8. The van der Waals surface area contributed by atoms with Crippen LogP contribution in [0.1, 0.15) is 37.0 Å². The highest BCUT2D eigenvalue weighted by Crippen LogP contribution is 2.22. The number of aromatic nitrogens is 2. The summed E-state index contributed by atoms with van der Waals surface area (Å²) in [5.41, 5.74) is 1.59. The molecule has 0 bridgehead atoms. The zero-order valence-electron chi connectivity index (χ0n) is 14.1. The lowest BCUT2D eigenvalue weighted by Crippen LogP contribution is -2.41. The number of benzene rings is 1. The third-order valence-corrected chi connectivity index (χ3v) is 5.02. The van der Waals surface area contributed by atoms with Gasteiger partial charge in [-0.1, -0.05) is 26.0 Å². The lowest BCUT2D eigenvalue weighted by atomic mass is 9.95. The normalized spacial score (nSPS) is 16.4. The summed E-state index contributed by atoms with van der Waals surface area (Å²) in [5, 5.41) is 8.00. The molecule has 1 fully saturated rings. The summed E-state index contributed by atoms with van der Waals surface area (Å²) in [6.45, 7) is 9.52. The Labute approximate surface area is 137 Å². The van der Waals surface area contributed by atoms with E-state index in [0.717, 1.165) is 62.0 Å². The largest absolute Gasteiger partial charge is 0.339 e. The Hall–Kier alpha value is -1.88. The van der Waals surface area contributed by atoms with E-state index in [1.807, 2.05) is 23.1 Å². The molecule has 1 aromatic heterocycles. The molecule has 1 amide bonds. The van der Waals surface area contributed by atoms with Crippen LogP contribution in [0.5, 0.6) is 0 Å². The van der Waals surface area contributed by atoms with Gasteiger partial charge in [-0.25, -0.2) is 0 Å². The first-order chi connectivity index (χ1) is 11.2. The smallest absolute Gasteiger partial charge is 0.256 e. The molecule has 1 saturated heterocycles. The van der Waals surface area contributed by atoms with E-state index < -0.39 is 0 Å². The molecule has 0 atom stereocenters. The first kappa shape index (κ1) is 16.0. The van der Waals surface area contributed by atoms with Crippen molar-refractivity contribution in [2.45, 2.75) is 26.7 Å². The second-order valence-corrected chi connectivity index (χ2v) is 6.36. The van der Waals surface area contributed by atoms with Crippen LogP contribution < -0.4 is 0 Å². The van der Waals surface area contributed by atoms with Gasteiger partial charge in [-0.15, -0.1) is 0 Å². The summed E-state index contributed by atoms with van der Waals surface area (Å²) in [5.74, 6) is 0.836. The topological polar surface area (TPSA) is 52.2 Å². The molecule has 124 valence electrons. The van der Waals surface area contributed by atoms with Gasteiger partial charge in [0, 0.05) is 25.0 Å². The predicted octanol–water partition coefficient (Wildman–Crippen LogP) is 2.76. The second kappa shape index (κ2) is 7.13. The number of likely N-dealkylation sites (tertiary alicyclic amines) is 1. The minimum Gasteiger partial charge on any atom is -0.339 e. The number of H-pyrrole nitrogens is 1. The molecule has 2 heterocycles. The molecule has 3 rings (SSSR count). The molecule has 1 aliphatic rings. The van der Waals surface area contributed by atoms with Gasteiger partial charge in [-0.3, -0.25) is 9.89 Å². The van der Waals surface area contributed by atoms with E-state index in [4.69, 9.17) is 0 Å². The van der Waals surface area contributed by atoms with E-state index in [2.05, 4.69) is 28.9 Å². The number of piperidine rings is 1. The van der Waals surface area contributed by atoms with Gasteiger partial charge in [0.2, 0.25) is 0 Å². The molecule has 1 aromatic carbocycles. The number of para-hydroxylation sites is 1. The van der Waals surface area contributed by atoms with Crippen molar-refractivity contribution >= 4 is 16.8 Å². The van der Waals surface area contributed by atoms with E-state index in [-0.39, 0.29) is 5.91 Å². The number of rotatable bonds is 5. The summed E-state index contributed by atoms with van der Waals surface area (Å²) in [6.07, 6.45) is 3.96. The second-order valence-electron chi connectivity index (χ2n) is 6.36. The van der Waals surface area contributed by atoms with Gasteiger partial charge in [-0.05, 0) is 37.9 Å². The number of carbonyl (C=O) groups excluding carboxylic acids is 1. The molecule has 0 aliphatic carbocycles. The van der Waals surface area contributed by atoms with Gasteiger partial charge < -0.3 is 9.80 Å². The van der Waals surface area contributed by atoms with Crippen LogP contribution in [0.3, 0.4) is 0 Å². The summed E-state index contributed by atoms with van der Waals surface area (Å²) in [7, 11) is 0. The fraction of sp³-hybridized carbons (Fsp3) is 0.556. The van der Waals surface area contributed by atoms with Gasteiger partial charge in [0.05, 0.1) is 17.3 Å². The molecule has 0 saturated carbocycles. The molecule has 0 spiro atoms. The highest BCUT2D eigenvalue weighted by Gasteiger charge is 2.25. The zero-order chi connectivity index (χ0) is 16.2. The SMILES string of the molecule is CCN(CC)CC1CCN(C(=O)c2cccc3cn[nH]c23)CC1. The van der Waals surface area contributed by atoms with Crippen molar-refractivity contribution in [2.24, 2.45) is 5.92 Å². The molecule has 23 heavy (non-hydrogen) atoms. The van der Waals surface area contributed by atoms with Crippen LogP contribution in [-0.4, -0.2) is 58.6 Å². The molecule has 0 unspecified atom stereocenters. The van der Waals surface area contributed by atoms with Gasteiger partial charge in [0.15, 0.2) is 0 Å². The van der Waals surface area contributed by atoms with Crippen molar-refractivity contribution < 1.29 is 4.79 Å². The average Bonchev–Trinajstić information content (AvgIpc) is 3.08. The third kappa shape index (κ3) is 3.39. The third-order valence-electron chi connectivity index (χ3n) is 5.02. The number of nitrogens with one attached hydrogen (secondary N) is 1. The van der Waals surface area contributed by atoms with Crippen molar-refractivity contribution in [1.29, 1.82) is 0 Å². The molecule has 1 N–H and O–H groups in total. The summed E-state index contributed by atoms with van der Waals surface area (Å²) >= 11 is 0. The standard InChI is InChI=1S/C18H26N4O/c1-3-21(4-2)13-14-8-10-22(11-9-14)18(23)16-7-5-6-15-12-19-20-17(15)16/h5-7,12,14H,3-4,8-11,13H2,1-2H3,(H,19,20). The summed E-state index contributed by atoms with van der Waals surface area (Å²) in [6, 6.07) is 5.80. The molecular formula is C18H26N4O. The maximum Gasteiger partial charge on any atom is 0.256 e. The van der Waals surface area contributed by atoms with Crippen LogP contribution in [0.2, 0.25) is 0 Å². The Bertz CT molecular complexity index is 654. The highest BCUT2D eigenvalue weighted by molar-refractivity contribution is 6.05. The van der Waals surface area contributed by atoms with Crippen LogP contribution in [0, 0.1) is 5.92 Å². The first-order valence-corrected chi connectivity index (χ1v) is 8.66. The Kier molecular flexibility index (Phi) is 4.96. The minimum absolute atomic E-state index is 0.126. The van der Waals surface area contributed by atoms with E-state index in [1.54, 1.807) is 6.20 Å². The minimum atomic E-state index is 0.126. The van der Waals surface area contributed by atoms with Gasteiger partial charge in [0.25, 0.3) is 5.91 Å². The van der Waals surface area contributed by atoms with Crippen LogP contribution in [0.15, 0.2) is 24.4 Å². The van der Waals surface area contributed by atoms with Gasteiger partial charge in [-0.2, -0.15) is 5.10 Å². The monoisotopic (exact) mass is 314 g/mol. The van der Waals surface area contributed by atoms with Gasteiger partial charge in [0.1, 0.15) is 0 Å². The number of hydrogen-bond donors (Lipinski definition) is 1. The van der Waals surface area contributed by atoms with E-state index >= 15 is 0 Å². The van der Waals surface area contributed by atoms with E-state index in [1.165, 1.54) is 0 Å². The Morgan fingerprint density at radius 3 is 2.74 bits per heavy atom. The highest BCUT2D eigenvalue weighted by atomic mass is 16.2. The summed E-state index contributed by atoms with van der Waals surface area (Å²) in [4.78, 5) is 17.3. The van der Waals surface area contributed by atoms with Crippen LogP contribution in [0.4, 0.5) is 0 Å². The number of hydrogen-bond acceptors (Lipinski definition) is 3. The van der Waals surface area contributed by atoms with Crippen LogP contribution in [0.25, 0.3) is 10.9 Å². The Morgan fingerprint density at radius 2 is 2.04 bits per heavy atom. The maximum absolute atomic E-state index is 12.8. The van der Waals surface area contributed by atoms with Gasteiger partial charge >= 0.3 is 0 Å². The number of aromatic amines is 1. The van der Waals surface area contributed by atoms with Crippen molar-refractivity contribution in [3.63, 3.8) is 0 Å². The number of amides is 1. The van der Waals surface area contributed by atoms with Crippen molar-refractivity contribution in [3.8, 4) is 0 Å². The molecule has 1 aliphatic heterocycles. The molecule has 5 heteroatoms. The van der Waals surface area contributed by atoms with Crippen molar-refractivity contribution in [2.75, 3.05) is 32.7 Å². The Balaban J connectivity index is 1.63. The predicted molar refractivity (Wildman–Crippen MR) is 92.5 cm³/mol. The van der Waals surface area contributed by atoms with Crippen molar-refractivity contribution in [3.05, 3.63) is 30.0 Å². The van der Waals surface area contributed by atoms with E-state index in [9.17, 15) is 4.79 Å². The Morgan fingerprint density at radius 1 is 1.30 bits per heavy atom. The first-order valence-electron chi connectivity index (χ1n) is 8.66. The van der Waals surface area contributed by atoms with E-state index in [0.29, 0.717) is 5.92 Å². The fourth-order valence-corrected chi connectivity index (χ4v) is 3.48. The summed E-state index contributed by atoms with van der Waals surface area (Å²) < 4.78 is 0. The molecule has 0 radical (unpaired) electrons. The zero-order valence-corrected chi connectivity index (χ0v) is 14.1. The number of nitrogens with zero attached hydrogens (tertiary/aromatic N) is 3. The molecule has 5 nitrogen and oxygen atoms in total. The lowest BCUT2D eigenvalue weighted by molar-refractivity contribution is 0.0671. The van der Waals surface area contributed by atoms with Crippen LogP contribution >= 0.6 is 0 Å².